The Morgan fingerprint density at radius 2 is 1.81 bits per heavy atom. The van der Waals surface area contributed by atoms with Crippen molar-refractivity contribution in [3.63, 3.8) is 0 Å². The number of benzene rings is 1. The van der Waals surface area contributed by atoms with Gasteiger partial charge >= 0.3 is 12.1 Å². The first-order valence-electron chi connectivity index (χ1n) is 12.8. The van der Waals surface area contributed by atoms with Gasteiger partial charge < -0.3 is 35.8 Å². The molecule has 4 rings (SSSR count). The zero-order valence-corrected chi connectivity index (χ0v) is 20.8. The largest absolute Gasteiger partial charge is 0.497 e. The van der Waals surface area contributed by atoms with Crippen LogP contribution >= 0.6 is 0 Å². The summed E-state index contributed by atoms with van der Waals surface area (Å²) >= 11 is 0. The van der Waals surface area contributed by atoms with Crippen molar-refractivity contribution in [2.24, 2.45) is 0 Å². The summed E-state index contributed by atoms with van der Waals surface area (Å²) in [4.78, 5) is 54.8. The van der Waals surface area contributed by atoms with Crippen molar-refractivity contribution >= 4 is 29.6 Å². The lowest BCUT2D eigenvalue weighted by atomic mass is 9.95. The number of nitrogens with zero attached hydrogens (tertiary/aromatic N) is 2. The summed E-state index contributed by atoms with van der Waals surface area (Å²) in [5, 5.41) is 11.5. The second kappa shape index (κ2) is 12.0. The van der Waals surface area contributed by atoms with Crippen LogP contribution in [0.5, 0.6) is 5.75 Å². The number of methoxy groups -OCH3 is 1. The molecule has 11 nitrogen and oxygen atoms in total. The predicted molar refractivity (Wildman–Crippen MR) is 134 cm³/mol. The van der Waals surface area contributed by atoms with Gasteiger partial charge in [-0.3, -0.25) is 9.59 Å². The van der Waals surface area contributed by atoms with E-state index in [4.69, 9.17) is 4.74 Å². The molecule has 1 saturated carbocycles. The molecule has 2 heterocycles. The molecule has 196 valence electrons. The van der Waals surface area contributed by atoms with Crippen molar-refractivity contribution in [3.8, 4) is 5.75 Å². The topological polar surface area (TPSA) is 132 Å². The van der Waals surface area contributed by atoms with Crippen LogP contribution in [-0.2, 0) is 9.59 Å². The molecule has 2 aliphatic heterocycles. The highest BCUT2D eigenvalue weighted by Gasteiger charge is 2.39. The molecule has 1 aliphatic carbocycles. The number of anilines is 1. The Balaban J connectivity index is 1.45. The normalized spacial score (nSPS) is 22.9. The maximum atomic E-state index is 13.3. The first kappa shape index (κ1) is 25.6. The Labute approximate surface area is 211 Å². The van der Waals surface area contributed by atoms with E-state index in [2.05, 4.69) is 21.3 Å². The van der Waals surface area contributed by atoms with Gasteiger partial charge in [0.05, 0.1) is 13.7 Å². The molecular weight excluding hydrogens is 464 g/mol. The number of nitrogens with one attached hydrogen (secondary N) is 4. The molecule has 2 atom stereocenters. The van der Waals surface area contributed by atoms with Crippen molar-refractivity contribution in [3.05, 3.63) is 24.3 Å². The third-order valence-corrected chi connectivity index (χ3v) is 7.09. The molecule has 1 aromatic carbocycles. The summed E-state index contributed by atoms with van der Waals surface area (Å²) in [6.07, 6.45) is 6.47. The van der Waals surface area contributed by atoms with Gasteiger partial charge in [0.2, 0.25) is 11.8 Å². The fourth-order valence-corrected chi connectivity index (χ4v) is 5.02. The molecule has 0 unspecified atom stereocenters. The molecule has 3 aliphatic rings. The number of carbonyl (C=O) groups is 4. The minimum Gasteiger partial charge on any atom is -0.497 e. The minimum atomic E-state index is -0.909. The Morgan fingerprint density at radius 3 is 2.56 bits per heavy atom. The average Bonchev–Trinajstić information content (AvgIpc) is 2.90. The predicted octanol–water partition coefficient (Wildman–Crippen LogP) is 1.65. The molecule has 0 radical (unpaired) electrons. The summed E-state index contributed by atoms with van der Waals surface area (Å²) in [7, 11) is 1.55. The van der Waals surface area contributed by atoms with Gasteiger partial charge in [-0.25, -0.2) is 9.59 Å². The maximum absolute atomic E-state index is 13.3. The van der Waals surface area contributed by atoms with Crippen LogP contribution < -0.4 is 26.0 Å². The average molecular weight is 501 g/mol. The van der Waals surface area contributed by atoms with Crippen LogP contribution in [0, 0.1) is 0 Å². The van der Waals surface area contributed by atoms with Crippen molar-refractivity contribution < 1.29 is 23.9 Å². The quantitative estimate of drug-likeness (QED) is 0.488. The summed E-state index contributed by atoms with van der Waals surface area (Å²) in [6.45, 7) is 1.09. The van der Waals surface area contributed by atoms with E-state index < -0.39 is 18.0 Å². The number of hydrogen-bond acceptors (Lipinski definition) is 5. The van der Waals surface area contributed by atoms with Crippen molar-refractivity contribution in [2.45, 2.75) is 63.1 Å². The highest BCUT2D eigenvalue weighted by atomic mass is 16.5. The van der Waals surface area contributed by atoms with Crippen LogP contribution in [0.1, 0.15) is 44.9 Å². The highest BCUT2D eigenvalue weighted by Crippen LogP contribution is 2.20. The summed E-state index contributed by atoms with van der Waals surface area (Å²) in [5.74, 6) is -0.0500. The zero-order valence-electron chi connectivity index (χ0n) is 20.8. The smallest absolute Gasteiger partial charge is 0.321 e. The third-order valence-electron chi connectivity index (χ3n) is 7.09. The van der Waals surface area contributed by atoms with Gasteiger partial charge in [-0.2, -0.15) is 0 Å². The number of ether oxygens (including phenoxy) is 1. The second-order valence-electron chi connectivity index (χ2n) is 9.60. The van der Waals surface area contributed by atoms with E-state index in [0.717, 1.165) is 32.1 Å². The van der Waals surface area contributed by atoms with Crippen LogP contribution in [0.2, 0.25) is 0 Å². The van der Waals surface area contributed by atoms with Gasteiger partial charge in [0.25, 0.3) is 0 Å². The minimum absolute atomic E-state index is 0.0219. The lowest BCUT2D eigenvalue weighted by Gasteiger charge is -2.41. The molecule has 3 fully saturated rings. The summed E-state index contributed by atoms with van der Waals surface area (Å²) in [5.41, 5.74) is 0.566. The molecule has 0 bridgehead atoms. The van der Waals surface area contributed by atoms with Gasteiger partial charge in [-0.15, -0.1) is 0 Å². The molecule has 36 heavy (non-hydrogen) atoms. The highest BCUT2D eigenvalue weighted by molar-refractivity contribution is 5.94. The Morgan fingerprint density at radius 1 is 1.00 bits per heavy atom. The van der Waals surface area contributed by atoms with Crippen LogP contribution in [0.4, 0.5) is 15.3 Å². The van der Waals surface area contributed by atoms with E-state index in [1.165, 1.54) is 16.2 Å². The summed E-state index contributed by atoms with van der Waals surface area (Å²) < 4.78 is 5.21. The molecule has 6 amide bonds. The third kappa shape index (κ3) is 6.38. The van der Waals surface area contributed by atoms with E-state index in [1.54, 1.807) is 31.4 Å². The monoisotopic (exact) mass is 500 g/mol. The van der Waals surface area contributed by atoms with E-state index >= 15 is 0 Å². The van der Waals surface area contributed by atoms with Crippen molar-refractivity contribution in [2.75, 3.05) is 38.6 Å². The number of hydrogen-bond donors (Lipinski definition) is 4. The lowest BCUT2D eigenvalue weighted by molar-refractivity contribution is -0.133. The first-order valence-corrected chi connectivity index (χ1v) is 12.8. The fraction of sp³-hybridized carbons (Fsp3) is 0.600. The standard InChI is InChI=1S/C25H36N6O5/c1-36-19-10-5-9-18(15-19)28-24(34)30-13-14-31(25(35)27-17-7-3-2-4-8-17)21(16-30)23(33)29-20-11-6-12-26-22(20)32/h5,9-10,15,17,20-21H,2-4,6-8,11-14,16H2,1H3,(H,26,32)(H,27,35)(H,28,34)(H,29,33)/t20-,21-/m1/s1. The number of piperazine rings is 1. The van der Waals surface area contributed by atoms with Crippen molar-refractivity contribution in [1.29, 1.82) is 0 Å². The number of urea groups is 2. The van der Waals surface area contributed by atoms with Gasteiger partial charge in [0.15, 0.2) is 0 Å². The van der Waals surface area contributed by atoms with Crippen molar-refractivity contribution in [1.82, 2.24) is 25.8 Å². The van der Waals surface area contributed by atoms with Crippen LogP contribution in [0.3, 0.4) is 0 Å². The number of amides is 6. The Kier molecular flexibility index (Phi) is 8.50. The molecule has 0 aromatic heterocycles. The van der Waals surface area contributed by atoms with Gasteiger partial charge in [0, 0.05) is 37.4 Å². The molecular formula is C25H36N6O5. The molecule has 0 spiro atoms. The van der Waals surface area contributed by atoms with Gasteiger partial charge in [0.1, 0.15) is 17.8 Å². The maximum Gasteiger partial charge on any atom is 0.321 e. The van der Waals surface area contributed by atoms with Crippen LogP contribution in [-0.4, -0.2) is 85.1 Å². The lowest BCUT2D eigenvalue weighted by Crippen LogP contribution is -2.65. The number of piperidine rings is 1. The molecule has 1 aromatic rings. The van der Waals surface area contributed by atoms with Gasteiger partial charge in [-0.1, -0.05) is 25.3 Å². The van der Waals surface area contributed by atoms with Crippen LogP contribution in [0.25, 0.3) is 0 Å². The number of rotatable bonds is 5. The first-order chi connectivity index (χ1) is 17.4. The number of carbonyl (C=O) groups excluding carboxylic acids is 4. The molecule has 2 saturated heterocycles. The molecule has 4 N–H and O–H groups in total. The van der Waals surface area contributed by atoms with E-state index in [0.29, 0.717) is 24.4 Å². The van der Waals surface area contributed by atoms with E-state index in [9.17, 15) is 19.2 Å². The fourth-order valence-electron chi connectivity index (χ4n) is 5.02. The Hall–Kier alpha value is -3.50. The zero-order chi connectivity index (χ0) is 25.5. The molecule has 11 heteroatoms. The van der Waals surface area contributed by atoms with Gasteiger partial charge in [-0.05, 0) is 37.8 Å². The second-order valence-corrected chi connectivity index (χ2v) is 9.60. The van der Waals surface area contributed by atoms with E-state index in [-0.39, 0.29) is 43.6 Å². The summed E-state index contributed by atoms with van der Waals surface area (Å²) in [6, 6.07) is 4.87. The Bertz CT molecular complexity index is 966. The van der Waals surface area contributed by atoms with Crippen LogP contribution in [0.15, 0.2) is 24.3 Å². The SMILES string of the molecule is COc1cccc(NC(=O)N2CCN(C(=O)NC3CCCCC3)[C@@H](C(=O)N[C@@H]3CCCNC3=O)C2)c1. The van der Waals surface area contributed by atoms with E-state index in [1.807, 2.05) is 0 Å².